The number of rotatable bonds is 8. The van der Waals surface area contributed by atoms with Crippen molar-refractivity contribution in [3.05, 3.63) is 70.5 Å². The number of piperidine rings is 1. The Morgan fingerprint density at radius 1 is 1.21 bits per heavy atom. The molecule has 2 aromatic carbocycles. The van der Waals surface area contributed by atoms with Crippen LogP contribution < -0.4 is 10.2 Å². The molecule has 182 valence electrons. The van der Waals surface area contributed by atoms with Crippen LogP contribution in [0.3, 0.4) is 0 Å². The number of hydrogen-bond donors (Lipinski definition) is 1. The van der Waals surface area contributed by atoms with Crippen LogP contribution >= 0.6 is 0 Å². The summed E-state index contributed by atoms with van der Waals surface area (Å²) in [5.74, 6) is -0.131. The van der Waals surface area contributed by atoms with Gasteiger partial charge in [-0.3, -0.25) is 9.59 Å². The zero-order valence-corrected chi connectivity index (χ0v) is 20.9. The molecule has 0 aromatic heterocycles. The van der Waals surface area contributed by atoms with Crippen LogP contribution in [0, 0.1) is 31.5 Å². The number of benzene rings is 2. The summed E-state index contributed by atoms with van der Waals surface area (Å²) in [4.78, 5) is 29.1. The van der Waals surface area contributed by atoms with Crippen molar-refractivity contribution in [3.8, 4) is 0 Å². The number of nitrogens with zero attached hydrogens (tertiary/aromatic N) is 2. The molecule has 6 heteroatoms. The van der Waals surface area contributed by atoms with Crippen molar-refractivity contribution in [1.29, 1.82) is 0 Å². The van der Waals surface area contributed by atoms with Gasteiger partial charge in [-0.15, -0.1) is 0 Å². The van der Waals surface area contributed by atoms with Gasteiger partial charge in [0.2, 0.25) is 11.8 Å². The smallest absolute Gasteiger partial charge is 0.244 e. The number of carbonyl (C=O) groups is 2. The van der Waals surface area contributed by atoms with E-state index in [1.165, 1.54) is 6.07 Å². The lowest BCUT2D eigenvalue weighted by Crippen LogP contribution is -2.46. The third kappa shape index (κ3) is 6.54. The lowest BCUT2D eigenvalue weighted by atomic mass is 9.84. The molecule has 1 aliphatic heterocycles. The van der Waals surface area contributed by atoms with Gasteiger partial charge >= 0.3 is 0 Å². The van der Waals surface area contributed by atoms with Crippen LogP contribution in [-0.2, 0) is 16.0 Å². The molecule has 2 aromatic rings. The highest BCUT2D eigenvalue weighted by molar-refractivity contribution is 5.97. The zero-order valence-electron chi connectivity index (χ0n) is 20.9. The van der Waals surface area contributed by atoms with Gasteiger partial charge in [0.15, 0.2) is 0 Å². The summed E-state index contributed by atoms with van der Waals surface area (Å²) >= 11 is 0. The summed E-state index contributed by atoms with van der Waals surface area (Å²) in [6.07, 6.45) is 4.71. The molecule has 1 N–H and O–H groups in total. The molecule has 0 spiro atoms. The molecule has 1 heterocycles. The number of aryl methyl sites for hydroxylation is 2. The Balaban J connectivity index is 1.76. The average Bonchev–Trinajstić information content (AvgIpc) is 2.76. The fourth-order valence-electron chi connectivity index (χ4n) is 4.76. The quantitative estimate of drug-likeness (QED) is 0.589. The van der Waals surface area contributed by atoms with Crippen LogP contribution in [0.4, 0.5) is 10.1 Å². The second-order valence-electron chi connectivity index (χ2n) is 9.68. The van der Waals surface area contributed by atoms with E-state index in [0.717, 1.165) is 35.3 Å². The average molecular weight is 466 g/mol. The highest BCUT2D eigenvalue weighted by atomic mass is 19.1. The summed E-state index contributed by atoms with van der Waals surface area (Å²) in [5, 5.41) is 2.87. The second kappa shape index (κ2) is 11.4. The van der Waals surface area contributed by atoms with Gasteiger partial charge in [-0.2, -0.15) is 0 Å². The van der Waals surface area contributed by atoms with E-state index >= 15 is 0 Å². The van der Waals surface area contributed by atoms with E-state index in [9.17, 15) is 14.0 Å². The summed E-state index contributed by atoms with van der Waals surface area (Å²) in [5.41, 5.74) is 4.51. The van der Waals surface area contributed by atoms with Crippen molar-refractivity contribution in [3.63, 3.8) is 0 Å². The first kappa shape index (κ1) is 25.6. The largest absolute Gasteiger partial charge is 0.351 e. The van der Waals surface area contributed by atoms with Gasteiger partial charge in [0.1, 0.15) is 5.82 Å². The van der Waals surface area contributed by atoms with Gasteiger partial charge in [0.05, 0.1) is 0 Å². The van der Waals surface area contributed by atoms with Crippen molar-refractivity contribution in [2.45, 2.75) is 33.6 Å². The monoisotopic (exact) mass is 465 g/mol. The minimum Gasteiger partial charge on any atom is -0.351 e. The lowest BCUT2D eigenvalue weighted by molar-refractivity contribution is -0.124. The van der Waals surface area contributed by atoms with Crippen molar-refractivity contribution >= 4 is 23.6 Å². The Bertz CT molecular complexity index is 1040. The second-order valence-corrected chi connectivity index (χ2v) is 9.68. The summed E-state index contributed by atoms with van der Waals surface area (Å²) in [7, 11) is 3.93. The van der Waals surface area contributed by atoms with Gasteiger partial charge < -0.3 is 15.1 Å². The van der Waals surface area contributed by atoms with Crippen molar-refractivity contribution in [1.82, 2.24) is 10.2 Å². The first-order valence-electron chi connectivity index (χ1n) is 11.9. The Morgan fingerprint density at radius 2 is 1.88 bits per heavy atom. The summed E-state index contributed by atoms with van der Waals surface area (Å²) in [6.45, 7) is 7.90. The molecular formula is C28H36FN3O2. The minimum atomic E-state index is -0.187. The zero-order chi connectivity index (χ0) is 24.8. The fraction of sp³-hybridized carbons (Fsp3) is 0.429. The number of carbonyl (C=O) groups excluding carboxylic acids is 2. The van der Waals surface area contributed by atoms with Crippen LogP contribution in [0.15, 0.2) is 42.5 Å². The minimum absolute atomic E-state index is 0.111. The molecule has 1 fully saturated rings. The molecule has 0 radical (unpaired) electrons. The number of anilines is 1. The summed E-state index contributed by atoms with van der Waals surface area (Å²) < 4.78 is 14.2. The normalized spacial score (nSPS) is 18.7. The van der Waals surface area contributed by atoms with Crippen LogP contribution in [0.2, 0.25) is 0 Å². The first-order chi connectivity index (χ1) is 16.2. The predicted molar refractivity (Wildman–Crippen MR) is 136 cm³/mol. The highest BCUT2D eigenvalue weighted by Crippen LogP contribution is 2.34. The number of halogens is 1. The number of likely N-dealkylation sites (N-methyl/N-ethyl adjacent to an activating group) is 1. The molecule has 0 unspecified atom stereocenters. The lowest BCUT2D eigenvalue weighted by Gasteiger charge is -2.38. The molecule has 0 bridgehead atoms. The van der Waals surface area contributed by atoms with Gasteiger partial charge in [0.25, 0.3) is 0 Å². The Labute approximate surface area is 202 Å². The van der Waals surface area contributed by atoms with E-state index in [1.54, 1.807) is 18.2 Å². The number of amides is 2. The Kier molecular flexibility index (Phi) is 8.61. The first-order valence-corrected chi connectivity index (χ1v) is 11.9. The van der Waals surface area contributed by atoms with Crippen LogP contribution in [0.5, 0.6) is 0 Å². The van der Waals surface area contributed by atoms with Gasteiger partial charge in [-0.25, -0.2) is 4.39 Å². The molecule has 1 aliphatic rings. The van der Waals surface area contributed by atoms with Gasteiger partial charge in [-0.1, -0.05) is 25.1 Å². The maximum Gasteiger partial charge on any atom is 0.244 e. The predicted octanol–water partition coefficient (Wildman–Crippen LogP) is 4.37. The molecule has 0 saturated carbocycles. The maximum atomic E-state index is 14.2. The van der Waals surface area contributed by atoms with Gasteiger partial charge in [0, 0.05) is 37.3 Å². The third-order valence-corrected chi connectivity index (χ3v) is 6.35. The Morgan fingerprint density at radius 3 is 2.53 bits per heavy atom. The molecule has 34 heavy (non-hydrogen) atoms. The molecular weight excluding hydrogens is 429 g/mol. The van der Waals surface area contributed by atoms with Crippen molar-refractivity contribution in [2.75, 3.05) is 38.6 Å². The van der Waals surface area contributed by atoms with E-state index in [2.05, 4.69) is 5.32 Å². The van der Waals surface area contributed by atoms with Crippen LogP contribution in [-0.4, -0.2) is 50.4 Å². The molecule has 5 nitrogen and oxygen atoms in total. The van der Waals surface area contributed by atoms with E-state index in [0.29, 0.717) is 25.1 Å². The highest BCUT2D eigenvalue weighted by Gasteiger charge is 2.34. The molecule has 1 saturated heterocycles. The van der Waals surface area contributed by atoms with E-state index < -0.39 is 0 Å². The molecule has 2 amide bonds. The van der Waals surface area contributed by atoms with Crippen LogP contribution in [0.25, 0.3) is 6.08 Å². The van der Waals surface area contributed by atoms with Crippen molar-refractivity contribution < 1.29 is 14.0 Å². The van der Waals surface area contributed by atoms with E-state index in [1.807, 2.05) is 68.9 Å². The molecule has 0 aliphatic carbocycles. The molecule has 2 atom stereocenters. The Hall–Kier alpha value is -2.99. The standard InChI is InChI=1S/C28H36FN3O2/c1-19-14-22(10-11-26(33)30-12-13-31(4)5)15-20(2)27(19)32-18-23(16-21(3)28(32)34)17-24-8-6-7-9-25(24)29/h6-11,14-15,21,23H,12-13,16-18H2,1-5H3,(H,30,33)/b11-10+/t21-,23-/m1/s1. The number of nitrogens with one attached hydrogen (secondary N) is 1. The maximum absolute atomic E-state index is 14.2. The van der Waals surface area contributed by atoms with E-state index in [-0.39, 0.29) is 29.5 Å². The SMILES string of the molecule is Cc1cc(/C=C/C(=O)NCCN(C)C)cc(C)c1N1C[C@@H](Cc2ccccc2F)C[C@@H](C)C1=O. The van der Waals surface area contributed by atoms with Crippen LogP contribution in [0.1, 0.15) is 35.6 Å². The summed E-state index contributed by atoms with van der Waals surface area (Å²) in [6, 6.07) is 10.9. The topological polar surface area (TPSA) is 52.7 Å². The number of hydrogen-bond acceptors (Lipinski definition) is 3. The van der Waals surface area contributed by atoms with E-state index in [4.69, 9.17) is 0 Å². The third-order valence-electron chi connectivity index (χ3n) is 6.35. The molecule has 3 rings (SSSR count). The fourth-order valence-corrected chi connectivity index (χ4v) is 4.76. The van der Waals surface area contributed by atoms with Crippen molar-refractivity contribution in [2.24, 2.45) is 11.8 Å². The van der Waals surface area contributed by atoms with Gasteiger partial charge in [-0.05, 0) is 93.2 Å².